The summed E-state index contributed by atoms with van der Waals surface area (Å²) in [7, 11) is 6.35. The second kappa shape index (κ2) is 8.20. The number of hydrogen-bond acceptors (Lipinski definition) is 5. The minimum Gasteiger partial charge on any atom is -0.497 e. The van der Waals surface area contributed by atoms with Gasteiger partial charge in [0.1, 0.15) is 5.75 Å². The fraction of sp³-hybridized carbons (Fsp3) is 0.381. The first-order valence-corrected chi connectivity index (χ1v) is 8.85. The standard InChI is InChI=1S/C21H25NO5/c1-24-17-9-5-15(6-10-17)21(23)22(16-7-8-16)13-14-11-18(25-2)20(27-4)19(12-14)26-3/h5-6,9-12,16H,7-8,13H2,1-4H3. The summed E-state index contributed by atoms with van der Waals surface area (Å²) >= 11 is 0. The third-order valence-corrected chi connectivity index (χ3v) is 4.66. The summed E-state index contributed by atoms with van der Waals surface area (Å²) in [5.41, 5.74) is 1.58. The van der Waals surface area contributed by atoms with Crippen molar-refractivity contribution in [1.82, 2.24) is 4.90 Å². The summed E-state index contributed by atoms with van der Waals surface area (Å²) < 4.78 is 21.4. The Labute approximate surface area is 159 Å². The number of nitrogens with zero attached hydrogens (tertiary/aromatic N) is 1. The highest BCUT2D eigenvalue weighted by molar-refractivity contribution is 5.94. The van der Waals surface area contributed by atoms with Gasteiger partial charge in [0.25, 0.3) is 5.91 Å². The molecule has 6 heteroatoms. The third-order valence-electron chi connectivity index (χ3n) is 4.66. The second-order valence-corrected chi connectivity index (χ2v) is 6.43. The molecule has 0 bridgehead atoms. The SMILES string of the molecule is COc1ccc(C(=O)N(Cc2cc(OC)c(OC)c(OC)c2)C2CC2)cc1. The predicted molar refractivity (Wildman–Crippen MR) is 102 cm³/mol. The minimum atomic E-state index is 0.00825. The summed E-state index contributed by atoms with van der Waals surface area (Å²) in [5.74, 6) is 2.45. The number of amides is 1. The molecule has 1 aliphatic rings. The van der Waals surface area contributed by atoms with Gasteiger partial charge in [0.2, 0.25) is 5.75 Å². The van der Waals surface area contributed by atoms with Gasteiger partial charge in [-0.1, -0.05) is 0 Å². The molecule has 2 aromatic carbocycles. The second-order valence-electron chi connectivity index (χ2n) is 6.43. The number of rotatable bonds is 8. The molecule has 1 saturated carbocycles. The van der Waals surface area contributed by atoms with E-state index in [0.29, 0.717) is 29.4 Å². The first kappa shape index (κ1) is 18.9. The maximum Gasteiger partial charge on any atom is 0.254 e. The number of methoxy groups -OCH3 is 4. The Bertz CT molecular complexity index is 774. The summed E-state index contributed by atoms with van der Waals surface area (Å²) in [4.78, 5) is 15.0. The summed E-state index contributed by atoms with van der Waals surface area (Å²) in [5, 5.41) is 0. The van der Waals surface area contributed by atoms with E-state index in [2.05, 4.69) is 0 Å². The van der Waals surface area contributed by atoms with Crippen molar-refractivity contribution in [2.75, 3.05) is 28.4 Å². The Morgan fingerprint density at radius 2 is 1.52 bits per heavy atom. The Morgan fingerprint density at radius 3 is 1.96 bits per heavy atom. The van der Waals surface area contributed by atoms with E-state index in [0.717, 1.165) is 24.2 Å². The largest absolute Gasteiger partial charge is 0.497 e. The van der Waals surface area contributed by atoms with Crippen molar-refractivity contribution in [3.05, 3.63) is 47.5 Å². The summed E-state index contributed by atoms with van der Waals surface area (Å²) in [6.07, 6.45) is 2.04. The van der Waals surface area contributed by atoms with E-state index in [1.54, 1.807) is 52.7 Å². The molecule has 0 N–H and O–H groups in total. The van der Waals surface area contributed by atoms with Crippen LogP contribution in [0.1, 0.15) is 28.8 Å². The zero-order valence-corrected chi connectivity index (χ0v) is 16.2. The first-order valence-electron chi connectivity index (χ1n) is 8.85. The predicted octanol–water partition coefficient (Wildman–Crippen LogP) is 3.53. The lowest BCUT2D eigenvalue weighted by molar-refractivity contribution is 0.0729. The lowest BCUT2D eigenvalue weighted by atomic mass is 10.1. The van der Waals surface area contributed by atoms with E-state index in [9.17, 15) is 4.79 Å². The third kappa shape index (κ3) is 4.10. The van der Waals surface area contributed by atoms with Crippen LogP contribution in [-0.4, -0.2) is 45.3 Å². The van der Waals surface area contributed by atoms with E-state index in [1.165, 1.54) is 0 Å². The molecule has 0 heterocycles. The van der Waals surface area contributed by atoms with Crippen LogP contribution < -0.4 is 18.9 Å². The summed E-state index contributed by atoms with van der Waals surface area (Å²) in [6.45, 7) is 0.478. The molecule has 0 radical (unpaired) electrons. The zero-order valence-electron chi connectivity index (χ0n) is 16.2. The van der Waals surface area contributed by atoms with Crippen LogP contribution >= 0.6 is 0 Å². The molecule has 0 atom stereocenters. The average molecular weight is 371 g/mol. The quantitative estimate of drug-likeness (QED) is 0.711. The van der Waals surface area contributed by atoms with Crippen LogP contribution in [0.3, 0.4) is 0 Å². The van der Waals surface area contributed by atoms with E-state index in [4.69, 9.17) is 18.9 Å². The van der Waals surface area contributed by atoms with Crippen LogP contribution in [0, 0.1) is 0 Å². The van der Waals surface area contributed by atoms with Crippen LogP contribution in [0.2, 0.25) is 0 Å². The normalized spacial score (nSPS) is 13.0. The highest BCUT2D eigenvalue weighted by atomic mass is 16.5. The van der Waals surface area contributed by atoms with Crippen molar-refractivity contribution in [2.24, 2.45) is 0 Å². The molecule has 0 spiro atoms. The Balaban J connectivity index is 1.87. The topological polar surface area (TPSA) is 57.2 Å². The van der Waals surface area contributed by atoms with Crippen LogP contribution in [-0.2, 0) is 6.54 Å². The molecule has 1 fully saturated rings. The van der Waals surface area contributed by atoms with Crippen LogP contribution in [0.25, 0.3) is 0 Å². The molecule has 1 aliphatic carbocycles. The van der Waals surface area contributed by atoms with E-state index >= 15 is 0 Å². The van der Waals surface area contributed by atoms with E-state index in [-0.39, 0.29) is 11.9 Å². The molecular formula is C21H25NO5. The van der Waals surface area contributed by atoms with Gasteiger partial charge in [0.15, 0.2) is 11.5 Å². The molecule has 144 valence electrons. The fourth-order valence-electron chi connectivity index (χ4n) is 3.08. The van der Waals surface area contributed by atoms with Gasteiger partial charge >= 0.3 is 0 Å². The van der Waals surface area contributed by atoms with Crippen molar-refractivity contribution in [2.45, 2.75) is 25.4 Å². The molecule has 0 saturated heterocycles. The zero-order chi connectivity index (χ0) is 19.4. The van der Waals surface area contributed by atoms with Crippen molar-refractivity contribution in [3.63, 3.8) is 0 Å². The monoisotopic (exact) mass is 371 g/mol. The summed E-state index contributed by atoms with van der Waals surface area (Å²) in [6, 6.07) is 11.2. The Morgan fingerprint density at radius 1 is 0.926 bits per heavy atom. The van der Waals surface area contributed by atoms with Gasteiger partial charge in [0.05, 0.1) is 28.4 Å². The lowest BCUT2D eigenvalue weighted by Gasteiger charge is -2.24. The van der Waals surface area contributed by atoms with E-state index < -0.39 is 0 Å². The minimum absolute atomic E-state index is 0.00825. The number of ether oxygens (including phenoxy) is 4. The molecule has 2 aromatic rings. The van der Waals surface area contributed by atoms with E-state index in [1.807, 2.05) is 17.0 Å². The highest BCUT2D eigenvalue weighted by Gasteiger charge is 2.33. The molecule has 6 nitrogen and oxygen atoms in total. The smallest absolute Gasteiger partial charge is 0.254 e. The number of carbonyl (C=O) groups is 1. The van der Waals surface area contributed by atoms with Gasteiger partial charge in [-0.3, -0.25) is 4.79 Å². The van der Waals surface area contributed by atoms with Crippen LogP contribution in [0.4, 0.5) is 0 Å². The van der Waals surface area contributed by atoms with Crippen molar-refractivity contribution >= 4 is 5.91 Å². The number of benzene rings is 2. The Hall–Kier alpha value is -2.89. The van der Waals surface area contributed by atoms with Gasteiger partial charge in [0, 0.05) is 18.2 Å². The Kier molecular flexibility index (Phi) is 5.74. The van der Waals surface area contributed by atoms with Crippen molar-refractivity contribution < 1.29 is 23.7 Å². The van der Waals surface area contributed by atoms with Gasteiger partial charge in [-0.25, -0.2) is 0 Å². The maximum atomic E-state index is 13.1. The fourth-order valence-corrected chi connectivity index (χ4v) is 3.08. The van der Waals surface area contributed by atoms with Crippen molar-refractivity contribution in [1.29, 1.82) is 0 Å². The molecule has 0 unspecified atom stereocenters. The molecule has 0 aromatic heterocycles. The van der Waals surface area contributed by atoms with Crippen LogP contribution in [0.15, 0.2) is 36.4 Å². The molecule has 1 amide bonds. The van der Waals surface area contributed by atoms with Gasteiger partial charge in [-0.05, 0) is 54.8 Å². The highest BCUT2D eigenvalue weighted by Crippen LogP contribution is 2.39. The van der Waals surface area contributed by atoms with Crippen molar-refractivity contribution in [3.8, 4) is 23.0 Å². The number of carbonyl (C=O) groups excluding carboxylic acids is 1. The molecule has 0 aliphatic heterocycles. The molecule has 3 rings (SSSR count). The van der Waals surface area contributed by atoms with Gasteiger partial charge < -0.3 is 23.8 Å². The van der Waals surface area contributed by atoms with Crippen LogP contribution in [0.5, 0.6) is 23.0 Å². The molecule has 27 heavy (non-hydrogen) atoms. The van der Waals surface area contributed by atoms with Gasteiger partial charge in [-0.2, -0.15) is 0 Å². The van der Waals surface area contributed by atoms with Gasteiger partial charge in [-0.15, -0.1) is 0 Å². The molecular weight excluding hydrogens is 346 g/mol. The lowest BCUT2D eigenvalue weighted by Crippen LogP contribution is -2.32. The first-order chi connectivity index (χ1) is 13.1. The average Bonchev–Trinajstić information content (AvgIpc) is 3.55. The maximum absolute atomic E-state index is 13.1. The number of hydrogen-bond donors (Lipinski definition) is 0.